The molecule has 3 atom stereocenters. The molecule has 1 fully saturated rings. The molecule has 3 nitrogen and oxygen atoms in total. The summed E-state index contributed by atoms with van der Waals surface area (Å²) in [6, 6.07) is 0. The van der Waals surface area contributed by atoms with Crippen molar-refractivity contribution in [1.82, 2.24) is 0 Å². The third-order valence-electron chi connectivity index (χ3n) is 3.35. The maximum absolute atomic E-state index is 9.55. The van der Waals surface area contributed by atoms with Gasteiger partial charge in [-0.2, -0.15) is 0 Å². The molecule has 0 radical (unpaired) electrons. The monoisotopic (exact) mass is 230 g/mol. The summed E-state index contributed by atoms with van der Waals surface area (Å²) >= 11 is 0. The number of unbranched alkanes of at least 4 members (excludes halogenated alkanes) is 1. The summed E-state index contributed by atoms with van der Waals surface area (Å²) < 4.78 is 11.0. The first-order valence-corrected chi connectivity index (χ1v) is 6.65. The molecule has 1 rings (SSSR count). The third-order valence-corrected chi connectivity index (χ3v) is 3.35. The van der Waals surface area contributed by atoms with Crippen LogP contribution in [0.2, 0.25) is 0 Å². The van der Waals surface area contributed by atoms with E-state index in [0.717, 1.165) is 13.0 Å². The lowest BCUT2D eigenvalue weighted by Crippen LogP contribution is -2.27. The van der Waals surface area contributed by atoms with Crippen molar-refractivity contribution in [1.29, 1.82) is 0 Å². The molecule has 1 unspecified atom stereocenters. The molecule has 0 aromatic carbocycles. The van der Waals surface area contributed by atoms with Gasteiger partial charge in [-0.05, 0) is 18.8 Å². The number of ether oxygens (including phenoxy) is 2. The van der Waals surface area contributed by atoms with E-state index in [0.29, 0.717) is 19.1 Å². The van der Waals surface area contributed by atoms with E-state index >= 15 is 0 Å². The van der Waals surface area contributed by atoms with Gasteiger partial charge in [0, 0.05) is 13.2 Å². The number of hydrogen-bond acceptors (Lipinski definition) is 3. The Morgan fingerprint density at radius 1 is 1.44 bits per heavy atom. The number of aliphatic hydroxyl groups excluding tert-OH is 1. The molecule has 3 heteroatoms. The molecule has 0 aromatic rings. The molecule has 0 aromatic heterocycles. The Morgan fingerprint density at radius 3 is 2.81 bits per heavy atom. The molecule has 16 heavy (non-hydrogen) atoms. The van der Waals surface area contributed by atoms with Crippen LogP contribution in [0.15, 0.2) is 0 Å². The van der Waals surface area contributed by atoms with E-state index in [1.54, 1.807) is 0 Å². The Morgan fingerprint density at radius 2 is 2.25 bits per heavy atom. The number of aliphatic hydroxyl groups is 1. The Hall–Kier alpha value is -0.120. The smallest absolute Gasteiger partial charge is 0.107 e. The van der Waals surface area contributed by atoms with Gasteiger partial charge >= 0.3 is 0 Å². The summed E-state index contributed by atoms with van der Waals surface area (Å²) in [6.07, 6.45) is 5.29. The van der Waals surface area contributed by atoms with E-state index < -0.39 is 0 Å². The first-order valence-electron chi connectivity index (χ1n) is 6.65. The fourth-order valence-corrected chi connectivity index (χ4v) is 2.05. The van der Waals surface area contributed by atoms with Crippen LogP contribution in [0.1, 0.15) is 46.0 Å². The van der Waals surface area contributed by atoms with Gasteiger partial charge in [0.1, 0.15) is 6.10 Å². The molecule has 1 saturated heterocycles. The van der Waals surface area contributed by atoms with Crippen molar-refractivity contribution in [2.24, 2.45) is 5.92 Å². The summed E-state index contributed by atoms with van der Waals surface area (Å²) in [5.41, 5.74) is 0. The lowest BCUT2D eigenvalue weighted by atomic mass is 10.0. The zero-order valence-electron chi connectivity index (χ0n) is 10.7. The molecule has 0 amide bonds. The lowest BCUT2D eigenvalue weighted by molar-refractivity contribution is -0.0325. The molecular formula is C13H26O3. The van der Waals surface area contributed by atoms with E-state index in [1.807, 2.05) is 0 Å². The maximum Gasteiger partial charge on any atom is 0.107 e. The Labute approximate surface area is 99.1 Å². The summed E-state index contributed by atoms with van der Waals surface area (Å²) in [5, 5.41) is 9.55. The van der Waals surface area contributed by atoms with Crippen LogP contribution in [-0.4, -0.2) is 37.1 Å². The van der Waals surface area contributed by atoms with E-state index in [9.17, 15) is 5.11 Å². The fraction of sp³-hybridized carbons (Fsp3) is 1.00. The van der Waals surface area contributed by atoms with E-state index in [-0.39, 0.29) is 12.2 Å². The van der Waals surface area contributed by atoms with Crippen LogP contribution in [0.3, 0.4) is 0 Å². The highest BCUT2D eigenvalue weighted by molar-refractivity contribution is 4.74. The Balaban J connectivity index is 2.08. The van der Waals surface area contributed by atoms with Crippen LogP contribution < -0.4 is 0 Å². The average Bonchev–Trinajstić information content (AvgIpc) is 2.69. The van der Waals surface area contributed by atoms with Gasteiger partial charge in [0.25, 0.3) is 0 Å². The highest BCUT2D eigenvalue weighted by atomic mass is 16.5. The van der Waals surface area contributed by atoms with Crippen LogP contribution in [0.5, 0.6) is 0 Å². The molecule has 1 aliphatic rings. The van der Waals surface area contributed by atoms with Crippen molar-refractivity contribution in [2.75, 3.05) is 19.8 Å². The third kappa shape index (κ3) is 4.81. The van der Waals surface area contributed by atoms with E-state index in [4.69, 9.17) is 9.47 Å². The van der Waals surface area contributed by atoms with Crippen molar-refractivity contribution >= 4 is 0 Å². The van der Waals surface area contributed by atoms with Crippen molar-refractivity contribution in [2.45, 2.75) is 58.2 Å². The minimum Gasteiger partial charge on any atom is -0.390 e. The molecule has 1 heterocycles. The average molecular weight is 230 g/mol. The first kappa shape index (κ1) is 13.9. The van der Waals surface area contributed by atoms with Crippen molar-refractivity contribution < 1.29 is 14.6 Å². The maximum atomic E-state index is 9.55. The van der Waals surface area contributed by atoms with E-state index in [2.05, 4.69) is 13.8 Å². The molecular weight excluding hydrogens is 204 g/mol. The largest absolute Gasteiger partial charge is 0.390 e. The standard InChI is InChI=1S/C13H26O3/c1-3-5-6-11(4-2)9-15-10-13-12(14)7-8-16-13/h11-14H,3-10H2,1-2H3/t11?,12-,13+/m1/s1. The number of rotatable bonds is 8. The van der Waals surface area contributed by atoms with Gasteiger partial charge in [0.05, 0.1) is 12.7 Å². The molecule has 1 aliphatic heterocycles. The van der Waals surface area contributed by atoms with Crippen LogP contribution in [0, 0.1) is 5.92 Å². The lowest BCUT2D eigenvalue weighted by Gasteiger charge is -2.18. The molecule has 0 bridgehead atoms. The summed E-state index contributed by atoms with van der Waals surface area (Å²) in [6.45, 7) is 6.45. The molecule has 1 N–H and O–H groups in total. The zero-order chi connectivity index (χ0) is 11.8. The quantitative estimate of drug-likeness (QED) is 0.695. The van der Waals surface area contributed by atoms with Gasteiger partial charge in [-0.25, -0.2) is 0 Å². The van der Waals surface area contributed by atoms with Crippen LogP contribution in [-0.2, 0) is 9.47 Å². The molecule has 0 aliphatic carbocycles. The van der Waals surface area contributed by atoms with Crippen molar-refractivity contribution in [3.63, 3.8) is 0 Å². The van der Waals surface area contributed by atoms with Crippen molar-refractivity contribution in [3.05, 3.63) is 0 Å². The molecule has 0 spiro atoms. The van der Waals surface area contributed by atoms with Gasteiger partial charge in [-0.1, -0.05) is 33.1 Å². The summed E-state index contributed by atoms with van der Waals surface area (Å²) in [4.78, 5) is 0. The van der Waals surface area contributed by atoms with Gasteiger partial charge in [0.15, 0.2) is 0 Å². The summed E-state index contributed by atoms with van der Waals surface area (Å²) in [5.74, 6) is 0.665. The van der Waals surface area contributed by atoms with Crippen LogP contribution in [0.25, 0.3) is 0 Å². The number of hydrogen-bond donors (Lipinski definition) is 1. The van der Waals surface area contributed by atoms with Crippen LogP contribution >= 0.6 is 0 Å². The highest BCUT2D eigenvalue weighted by Crippen LogP contribution is 2.16. The first-order chi connectivity index (χ1) is 7.77. The van der Waals surface area contributed by atoms with E-state index in [1.165, 1.54) is 25.7 Å². The van der Waals surface area contributed by atoms with Gasteiger partial charge < -0.3 is 14.6 Å². The normalized spacial score (nSPS) is 27.2. The van der Waals surface area contributed by atoms with Crippen molar-refractivity contribution in [3.8, 4) is 0 Å². The SMILES string of the molecule is CCCCC(CC)COC[C@@H]1OCC[C@H]1O. The predicted molar refractivity (Wildman–Crippen MR) is 64.5 cm³/mol. The Kier molecular flexibility index (Phi) is 7.01. The van der Waals surface area contributed by atoms with Gasteiger partial charge in [0.2, 0.25) is 0 Å². The minimum absolute atomic E-state index is 0.0938. The predicted octanol–water partition coefficient (Wildman–Crippen LogP) is 2.37. The zero-order valence-corrected chi connectivity index (χ0v) is 10.7. The van der Waals surface area contributed by atoms with Gasteiger partial charge in [-0.3, -0.25) is 0 Å². The highest BCUT2D eigenvalue weighted by Gasteiger charge is 2.26. The van der Waals surface area contributed by atoms with Gasteiger partial charge in [-0.15, -0.1) is 0 Å². The summed E-state index contributed by atoms with van der Waals surface area (Å²) in [7, 11) is 0. The molecule has 96 valence electrons. The second-order valence-electron chi connectivity index (χ2n) is 4.72. The second kappa shape index (κ2) is 8.04. The molecule has 0 saturated carbocycles. The second-order valence-corrected chi connectivity index (χ2v) is 4.72. The van der Waals surface area contributed by atoms with Crippen LogP contribution in [0.4, 0.5) is 0 Å². The fourth-order valence-electron chi connectivity index (χ4n) is 2.05. The minimum atomic E-state index is -0.323. The topological polar surface area (TPSA) is 38.7 Å². The Bertz CT molecular complexity index is 173.